The molecule has 0 heterocycles. The van der Waals surface area contributed by atoms with Crippen molar-refractivity contribution < 1.29 is 18.3 Å². The van der Waals surface area contributed by atoms with E-state index in [9.17, 15) is 13.6 Å². The Bertz CT molecular complexity index is 439. The van der Waals surface area contributed by atoms with Gasteiger partial charge in [-0.15, -0.1) is 0 Å². The van der Waals surface area contributed by atoms with Gasteiger partial charge in [0, 0.05) is 0 Å². The standard InChI is InChI=1S/C13H14F2O2/c1-3-17-12(16)6-4-5-10-7-8-11(14)13(15)9(10)2/h4-5,7-8H,3,6H2,1-2H3. The van der Waals surface area contributed by atoms with E-state index in [1.807, 2.05) is 0 Å². The molecule has 0 spiro atoms. The molecule has 0 saturated carbocycles. The average Bonchev–Trinajstić information content (AvgIpc) is 2.29. The fourth-order valence-electron chi connectivity index (χ4n) is 1.35. The minimum Gasteiger partial charge on any atom is -0.466 e. The minimum absolute atomic E-state index is 0.117. The van der Waals surface area contributed by atoms with Crippen LogP contribution in [0.15, 0.2) is 18.2 Å². The van der Waals surface area contributed by atoms with Gasteiger partial charge in [0.15, 0.2) is 11.6 Å². The van der Waals surface area contributed by atoms with Crippen LogP contribution in [0.4, 0.5) is 8.78 Å². The van der Waals surface area contributed by atoms with Gasteiger partial charge in [-0.1, -0.05) is 18.2 Å². The third-order valence-corrected chi connectivity index (χ3v) is 2.27. The van der Waals surface area contributed by atoms with E-state index in [1.165, 1.54) is 13.0 Å². The van der Waals surface area contributed by atoms with E-state index in [4.69, 9.17) is 4.74 Å². The van der Waals surface area contributed by atoms with Gasteiger partial charge in [-0.25, -0.2) is 8.78 Å². The van der Waals surface area contributed by atoms with Crippen LogP contribution < -0.4 is 0 Å². The Labute approximate surface area is 98.9 Å². The van der Waals surface area contributed by atoms with Gasteiger partial charge in [-0.05, 0) is 31.0 Å². The lowest BCUT2D eigenvalue weighted by Crippen LogP contribution is -2.01. The molecule has 0 aromatic heterocycles. The lowest BCUT2D eigenvalue weighted by molar-refractivity contribution is -0.142. The van der Waals surface area contributed by atoms with E-state index in [0.717, 1.165) is 6.07 Å². The van der Waals surface area contributed by atoms with E-state index in [-0.39, 0.29) is 18.0 Å². The van der Waals surface area contributed by atoms with Crippen molar-refractivity contribution in [2.75, 3.05) is 6.61 Å². The first-order chi connectivity index (χ1) is 8.06. The molecule has 1 rings (SSSR count). The van der Waals surface area contributed by atoms with Gasteiger partial charge >= 0.3 is 5.97 Å². The maximum absolute atomic E-state index is 13.2. The molecule has 0 radical (unpaired) electrons. The highest BCUT2D eigenvalue weighted by atomic mass is 19.2. The van der Waals surface area contributed by atoms with Crippen molar-refractivity contribution in [1.29, 1.82) is 0 Å². The third kappa shape index (κ3) is 3.66. The fourth-order valence-corrected chi connectivity index (χ4v) is 1.35. The van der Waals surface area contributed by atoms with Crippen LogP contribution in [0.3, 0.4) is 0 Å². The first-order valence-corrected chi connectivity index (χ1v) is 5.33. The maximum atomic E-state index is 13.2. The zero-order valence-electron chi connectivity index (χ0n) is 9.80. The number of ether oxygens (including phenoxy) is 1. The Kier molecular flexibility index (Phi) is 4.82. The summed E-state index contributed by atoms with van der Waals surface area (Å²) in [5.41, 5.74) is 0.776. The molecule has 2 nitrogen and oxygen atoms in total. The van der Waals surface area contributed by atoms with E-state index in [0.29, 0.717) is 12.2 Å². The summed E-state index contributed by atoms with van der Waals surface area (Å²) in [4.78, 5) is 11.0. The van der Waals surface area contributed by atoms with Crippen molar-refractivity contribution in [2.24, 2.45) is 0 Å². The van der Waals surface area contributed by atoms with Crippen LogP contribution in [0, 0.1) is 18.6 Å². The van der Waals surface area contributed by atoms with Gasteiger partial charge in [-0.3, -0.25) is 4.79 Å². The molecule has 0 amide bonds. The van der Waals surface area contributed by atoms with E-state index in [2.05, 4.69) is 0 Å². The molecule has 0 unspecified atom stereocenters. The number of hydrogen-bond acceptors (Lipinski definition) is 2. The van der Waals surface area contributed by atoms with Crippen molar-refractivity contribution in [3.8, 4) is 0 Å². The van der Waals surface area contributed by atoms with Gasteiger partial charge in [0.2, 0.25) is 0 Å². The van der Waals surface area contributed by atoms with Crippen LogP contribution >= 0.6 is 0 Å². The number of carbonyl (C=O) groups is 1. The Morgan fingerprint density at radius 1 is 1.41 bits per heavy atom. The van der Waals surface area contributed by atoms with Crippen molar-refractivity contribution in [3.63, 3.8) is 0 Å². The second-order valence-corrected chi connectivity index (χ2v) is 3.49. The van der Waals surface area contributed by atoms with Crippen LogP contribution in [0.25, 0.3) is 6.08 Å². The molecule has 0 aliphatic carbocycles. The van der Waals surface area contributed by atoms with Crippen molar-refractivity contribution in [1.82, 2.24) is 0 Å². The van der Waals surface area contributed by atoms with Crippen LogP contribution in [0.1, 0.15) is 24.5 Å². The molecule has 0 aliphatic heterocycles. The molecular weight excluding hydrogens is 226 g/mol. The minimum atomic E-state index is -0.870. The molecule has 1 aromatic rings. The summed E-state index contributed by atoms with van der Waals surface area (Å²) in [6, 6.07) is 2.53. The second kappa shape index (κ2) is 6.13. The average molecular weight is 240 g/mol. The summed E-state index contributed by atoms with van der Waals surface area (Å²) in [5, 5.41) is 0. The van der Waals surface area contributed by atoms with Crippen LogP contribution in [-0.4, -0.2) is 12.6 Å². The van der Waals surface area contributed by atoms with Crippen LogP contribution in [0.5, 0.6) is 0 Å². The molecule has 0 fully saturated rings. The van der Waals surface area contributed by atoms with Crippen LogP contribution in [-0.2, 0) is 9.53 Å². The predicted octanol–water partition coefficient (Wildman–Crippen LogP) is 3.24. The smallest absolute Gasteiger partial charge is 0.309 e. The van der Waals surface area contributed by atoms with E-state index >= 15 is 0 Å². The molecule has 0 aliphatic rings. The first-order valence-electron chi connectivity index (χ1n) is 5.33. The molecule has 0 N–H and O–H groups in total. The Balaban J connectivity index is 2.72. The summed E-state index contributed by atoms with van der Waals surface area (Å²) in [6.45, 7) is 3.54. The Morgan fingerprint density at radius 3 is 2.76 bits per heavy atom. The lowest BCUT2D eigenvalue weighted by atomic mass is 10.1. The quantitative estimate of drug-likeness (QED) is 0.755. The zero-order valence-corrected chi connectivity index (χ0v) is 9.80. The summed E-state index contributed by atoms with van der Waals surface area (Å²) < 4.78 is 30.8. The number of benzene rings is 1. The van der Waals surface area contributed by atoms with E-state index < -0.39 is 11.6 Å². The van der Waals surface area contributed by atoms with Gasteiger partial charge < -0.3 is 4.74 Å². The first kappa shape index (κ1) is 13.4. The topological polar surface area (TPSA) is 26.3 Å². The summed E-state index contributed by atoms with van der Waals surface area (Å²) in [6.07, 6.45) is 3.26. The second-order valence-electron chi connectivity index (χ2n) is 3.49. The molecule has 17 heavy (non-hydrogen) atoms. The molecule has 0 atom stereocenters. The van der Waals surface area contributed by atoms with Crippen molar-refractivity contribution >= 4 is 12.0 Å². The number of hydrogen-bond donors (Lipinski definition) is 0. The molecule has 1 aromatic carbocycles. The normalized spacial score (nSPS) is 10.8. The van der Waals surface area contributed by atoms with Gasteiger partial charge in [-0.2, -0.15) is 0 Å². The largest absolute Gasteiger partial charge is 0.466 e. The molecule has 0 bridgehead atoms. The highest BCUT2D eigenvalue weighted by Crippen LogP contribution is 2.17. The molecular formula is C13H14F2O2. The van der Waals surface area contributed by atoms with E-state index in [1.54, 1.807) is 19.1 Å². The monoisotopic (exact) mass is 240 g/mol. The zero-order chi connectivity index (χ0) is 12.8. The van der Waals surface area contributed by atoms with Crippen LogP contribution in [0.2, 0.25) is 0 Å². The summed E-state index contributed by atoms with van der Waals surface area (Å²) >= 11 is 0. The Hall–Kier alpha value is -1.71. The number of esters is 1. The molecule has 4 heteroatoms. The summed E-state index contributed by atoms with van der Waals surface area (Å²) in [7, 11) is 0. The summed E-state index contributed by atoms with van der Waals surface area (Å²) in [5.74, 6) is -2.07. The highest BCUT2D eigenvalue weighted by molar-refractivity contribution is 5.72. The predicted molar refractivity (Wildman–Crippen MR) is 61.4 cm³/mol. The van der Waals surface area contributed by atoms with Gasteiger partial charge in [0.05, 0.1) is 13.0 Å². The SMILES string of the molecule is CCOC(=O)CC=Cc1ccc(F)c(F)c1C. The van der Waals surface area contributed by atoms with Crippen molar-refractivity contribution in [3.05, 3.63) is 41.0 Å². The number of carbonyl (C=O) groups excluding carboxylic acids is 1. The number of rotatable bonds is 4. The molecule has 0 saturated heterocycles. The fraction of sp³-hybridized carbons (Fsp3) is 0.308. The third-order valence-electron chi connectivity index (χ3n) is 2.27. The number of halogens is 2. The molecule has 92 valence electrons. The maximum Gasteiger partial charge on any atom is 0.309 e. The Morgan fingerprint density at radius 2 is 2.12 bits per heavy atom. The lowest BCUT2D eigenvalue weighted by Gasteiger charge is -2.02. The van der Waals surface area contributed by atoms with Crippen molar-refractivity contribution in [2.45, 2.75) is 20.3 Å². The highest BCUT2D eigenvalue weighted by Gasteiger charge is 2.07. The van der Waals surface area contributed by atoms with Gasteiger partial charge in [0.25, 0.3) is 0 Å². The van der Waals surface area contributed by atoms with Gasteiger partial charge in [0.1, 0.15) is 0 Å².